The second kappa shape index (κ2) is 9.09. The Balaban J connectivity index is 1.48. The smallest absolute Gasteiger partial charge is 0.407 e. The molecule has 2 aliphatic heterocycles. The van der Waals surface area contributed by atoms with Gasteiger partial charge < -0.3 is 30.3 Å². The summed E-state index contributed by atoms with van der Waals surface area (Å²) in [4.78, 5) is 37.2. The number of ether oxygens (including phenoxy) is 1. The average molecular weight is 467 g/mol. The summed E-state index contributed by atoms with van der Waals surface area (Å²) in [5.41, 5.74) is 3.25. The van der Waals surface area contributed by atoms with Gasteiger partial charge in [-0.2, -0.15) is 0 Å². The molecule has 2 atom stereocenters. The van der Waals surface area contributed by atoms with Crippen molar-refractivity contribution in [1.29, 1.82) is 0 Å². The normalized spacial score (nSPS) is 22.2. The number of fused-ring (bicyclic) bond motifs is 1. The summed E-state index contributed by atoms with van der Waals surface area (Å²) in [6, 6.07) is 7.65. The van der Waals surface area contributed by atoms with E-state index in [-0.39, 0.29) is 30.6 Å². The number of anilines is 2. The number of benzene rings is 1. The predicted molar refractivity (Wildman–Crippen MR) is 127 cm³/mol. The molecule has 1 unspecified atom stereocenters. The van der Waals surface area contributed by atoms with E-state index in [4.69, 9.17) is 14.7 Å². The minimum Gasteiger partial charge on any atom is -0.465 e. The van der Waals surface area contributed by atoms with E-state index < -0.39 is 6.09 Å². The highest BCUT2D eigenvalue weighted by Crippen LogP contribution is 2.37. The lowest BCUT2D eigenvalue weighted by Gasteiger charge is -2.39. The van der Waals surface area contributed by atoms with Crippen molar-refractivity contribution in [2.24, 2.45) is 0 Å². The number of nitrogens with one attached hydrogen (secondary N) is 2. The van der Waals surface area contributed by atoms with Crippen molar-refractivity contribution >= 4 is 23.6 Å². The van der Waals surface area contributed by atoms with Crippen molar-refractivity contribution in [2.75, 3.05) is 36.5 Å². The Hall–Kier alpha value is -3.40. The molecule has 1 saturated carbocycles. The Bertz CT molecular complexity index is 1090. The number of carboxylic acid groups (broad SMARTS) is 1. The van der Waals surface area contributed by atoms with Crippen LogP contribution in [0.1, 0.15) is 43.9 Å². The van der Waals surface area contributed by atoms with Gasteiger partial charge in [-0.3, -0.25) is 0 Å². The molecule has 180 valence electrons. The van der Waals surface area contributed by atoms with Crippen molar-refractivity contribution in [3.05, 3.63) is 35.5 Å². The van der Waals surface area contributed by atoms with Crippen LogP contribution < -0.4 is 15.5 Å². The highest BCUT2D eigenvalue weighted by molar-refractivity contribution is 5.89. The van der Waals surface area contributed by atoms with Crippen LogP contribution in [0.5, 0.6) is 0 Å². The maximum atomic E-state index is 12.0. The van der Waals surface area contributed by atoms with E-state index >= 15 is 0 Å². The number of urea groups is 1. The molecule has 3 heterocycles. The Morgan fingerprint density at radius 3 is 2.59 bits per heavy atom. The van der Waals surface area contributed by atoms with Crippen molar-refractivity contribution in [3.63, 3.8) is 0 Å². The first-order valence-electron chi connectivity index (χ1n) is 11.8. The van der Waals surface area contributed by atoms with E-state index in [1.54, 1.807) is 0 Å². The van der Waals surface area contributed by atoms with Gasteiger partial charge in [0, 0.05) is 41.9 Å². The van der Waals surface area contributed by atoms with Gasteiger partial charge in [0.05, 0.1) is 31.5 Å². The number of carbonyl (C=O) groups is 2. The van der Waals surface area contributed by atoms with E-state index in [0.717, 1.165) is 42.0 Å². The molecule has 0 spiro atoms. The maximum Gasteiger partial charge on any atom is 0.407 e. The van der Waals surface area contributed by atoms with Gasteiger partial charge in [0.2, 0.25) is 0 Å². The molecule has 34 heavy (non-hydrogen) atoms. The third-order valence-corrected chi connectivity index (χ3v) is 6.56. The second-order valence-electron chi connectivity index (χ2n) is 9.36. The molecule has 2 aromatic rings. The van der Waals surface area contributed by atoms with Crippen molar-refractivity contribution in [1.82, 2.24) is 20.2 Å². The van der Waals surface area contributed by atoms with Gasteiger partial charge in [-0.25, -0.2) is 19.6 Å². The summed E-state index contributed by atoms with van der Waals surface area (Å²) in [5, 5.41) is 15.4. The predicted octanol–water partition coefficient (Wildman–Crippen LogP) is 3.25. The van der Waals surface area contributed by atoms with E-state index in [1.165, 1.54) is 4.90 Å². The zero-order chi connectivity index (χ0) is 23.8. The standard InChI is InChI=1S/C24H30N6O4/c1-14-11-29(24(32)33)12-19-20(14)22(30-9-10-34-13-15(30)2)28-21(27-19)16-3-5-17(6-4-16)25-23(31)26-18-7-8-18/h3-6,14-15,18H,7-13H2,1-2H3,(H,32,33)(H2,25,26,31)/t14-,15?/m1/s1. The van der Waals surface area contributed by atoms with Crippen molar-refractivity contribution in [2.45, 2.75) is 51.2 Å². The lowest BCUT2D eigenvalue weighted by molar-refractivity contribution is 0.0982. The SMILES string of the molecule is CC1COCCN1c1nc(-c2ccc(NC(=O)NC3CC3)cc2)nc2c1[C@H](C)CN(C(=O)O)C2. The topological polar surface area (TPSA) is 120 Å². The summed E-state index contributed by atoms with van der Waals surface area (Å²) in [7, 11) is 0. The van der Waals surface area contributed by atoms with Crippen LogP contribution in [0.15, 0.2) is 24.3 Å². The zero-order valence-corrected chi connectivity index (χ0v) is 19.5. The van der Waals surface area contributed by atoms with Crippen LogP contribution >= 0.6 is 0 Å². The Morgan fingerprint density at radius 1 is 1.15 bits per heavy atom. The number of nitrogens with zero attached hydrogens (tertiary/aromatic N) is 4. The first-order chi connectivity index (χ1) is 16.4. The summed E-state index contributed by atoms with van der Waals surface area (Å²) < 4.78 is 5.63. The van der Waals surface area contributed by atoms with Crippen LogP contribution in [0.4, 0.5) is 21.1 Å². The van der Waals surface area contributed by atoms with Crippen LogP contribution in [0.3, 0.4) is 0 Å². The molecule has 3 aliphatic rings. The van der Waals surface area contributed by atoms with Gasteiger partial charge in [0.15, 0.2) is 5.82 Å². The molecule has 10 nitrogen and oxygen atoms in total. The first kappa shape index (κ1) is 22.4. The van der Waals surface area contributed by atoms with Gasteiger partial charge >= 0.3 is 12.1 Å². The zero-order valence-electron chi connectivity index (χ0n) is 19.5. The largest absolute Gasteiger partial charge is 0.465 e. The molecule has 0 bridgehead atoms. The number of rotatable bonds is 4. The minimum absolute atomic E-state index is 0.0181. The molecule has 1 aromatic heterocycles. The van der Waals surface area contributed by atoms with Crippen LogP contribution in [0, 0.1) is 0 Å². The van der Waals surface area contributed by atoms with Crippen molar-refractivity contribution in [3.8, 4) is 11.4 Å². The number of morpholine rings is 1. The second-order valence-corrected chi connectivity index (χ2v) is 9.36. The number of hydrogen-bond donors (Lipinski definition) is 3. The first-order valence-corrected chi connectivity index (χ1v) is 11.8. The van der Waals surface area contributed by atoms with E-state index in [0.29, 0.717) is 31.3 Å². The van der Waals surface area contributed by atoms with Crippen LogP contribution in [0.25, 0.3) is 11.4 Å². The van der Waals surface area contributed by atoms with Gasteiger partial charge in [0.1, 0.15) is 5.82 Å². The number of aromatic nitrogens is 2. The fourth-order valence-electron chi connectivity index (χ4n) is 4.61. The van der Waals surface area contributed by atoms with Gasteiger partial charge in [0.25, 0.3) is 0 Å². The third-order valence-electron chi connectivity index (χ3n) is 6.56. The Labute approximate surface area is 198 Å². The van der Waals surface area contributed by atoms with Gasteiger partial charge in [-0.1, -0.05) is 6.92 Å². The fraction of sp³-hybridized carbons (Fsp3) is 0.500. The molecule has 0 radical (unpaired) electrons. The van der Waals surface area contributed by atoms with Gasteiger partial charge in [-0.15, -0.1) is 0 Å². The third kappa shape index (κ3) is 4.63. The molecule has 2 fully saturated rings. The lowest BCUT2D eigenvalue weighted by atomic mass is 9.93. The molecular weight excluding hydrogens is 436 g/mol. The van der Waals surface area contributed by atoms with Gasteiger partial charge in [-0.05, 0) is 44.0 Å². The molecule has 3 N–H and O–H groups in total. The Morgan fingerprint density at radius 2 is 1.91 bits per heavy atom. The highest BCUT2D eigenvalue weighted by atomic mass is 16.5. The summed E-state index contributed by atoms with van der Waals surface area (Å²) in [5.74, 6) is 1.38. The van der Waals surface area contributed by atoms with E-state index in [9.17, 15) is 14.7 Å². The number of carbonyl (C=O) groups excluding carboxylic acids is 1. The molecule has 1 saturated heterocycles. The maximum absolute atomic E-state index is 12.0. The molecule has 5 rings (SSSR count). The highest BCUT2D eigenvalue weighted by Gasteiger charge is 2.34. The molecule has 1 aliphatic carbocycles. The molecule has 3 amide bonds. The van der Waals surface area contributed by atoms with E-state index in [2.05, 4.69) is 22.5 Å². The molecule has 10 heteroatoms. The lowest BCUT2D eigenvalue weighted by Crippen LogP contribution is -2.46. The summed E-state index contributed by atoms with van der Waals surface area (Å²) in [6.07, 6.45) is 1.12. The number of amides is 3. The fourth-order valence-corrected chi connectivity index (χ4v) is 4.61. The van der Waals surface area contributed by atoms with Crippen LogP contribution in [-0.4, -0.2) is 70.5 Å². The quantitative estimate of drug-likeness (QED) is 0.633. The number of hydrogen-bond acceptors (Lipinski definition) is 6. The molecular formula is C24H30N6O4. The van der Waals surface area contributed by atoms with Crippen LogP contribution in [-0.2, 0) is 11.3 Å². The summed E-state index contributed by atoms with van der Waals surface area (Å²) >= 11 is 0. The molecule has 1 aromatic carbocycles. The van der Waals surface area contributed by atoms with E-state index in [1.807, 2.05) is 31.2 Å². The van der Waals surface area contributed by atoms with Crippen molar-refractivity contribution < 1.29 is 19.4 Å². The minimum atomic E-state index is -0.946. The Kier molecular flexibility index (Phi) is 5.99. The summed E-state index contributed by atoms with van der Waals surface area (Å²) in [6.45, 7) is 6.75. The average Bonchev–Trinajstić information content (AvgIpc) is 3.63. The van der Waals surface area contributed by atoms with Crippen LogP contribution in [0.2, 0.25) is 0 Å². The monoisotopic (exact) mass is 466 g/mol.